The minimum atomic E-state index is 0.0121. The van der Waals surface area contributed by atoms with Crippen LogP contribution in [0.1, 0.15) is 23.5 Å². The lowest BCUT2D eigenvalue weighted by Gasteiger charge is -2.22. The zero-order chi connectivity index (χ0) is 17.8. The Bertz CT molecular complexity index is 757. The first-order valence-electron chi connectivity index (χ1n) is 8.41. The van der Waals surface area contributed by atoms with Crippen molar-refractivity contribution in [3.8, 4) is 5.75 Å². The van der Waals surface area contributed by atoms with Gasteiger partial charge in [0, 0.05) is 24.0 Å². The fourth-order valence-electron chi connectivity index (χ4n) is 3.16. The molecule has 0 bridgehead atoms. The summed E-state index contributed by atoms with van der Waals surface area (Å²) >= 11 is 6.28. The zero-order valence-corrected chi connectivity index (χ0v) is 15.1. The fraction of sp³-hybridized carbons (Fsp3) is 0.286. The number of carbonyl (C=O) groups excluding carboxylic acids is 1. The average molecular weight is 356 g/mol. The van der Waals surface area contributed by atoms with Crippen LogP contribution in [-0.4, -0.2) is 24.5 Å². The highest BCUT2D eigenvalue weighted by atomic mass is 35.5. The van der Waals surface area contributed by atoms with E-state index in [1.807, 2.05) is 53.4 Å². The van der Waals surface area contributed by atoms with Gasteiger partial charge in [-0.25, -0.2) is 0 Å². The fourth-order valence-corrected chi connectivity index (χ4v) is 3.44. The number of amides is 1. The molecule has 2 unspecified atom stereocenters. The number of hydrogen-bond donors (Lipinski definition) is 0. The summed E-state index contributed by atoms with van der Waals surface area (Å²) in [6.45, 7) is 4.90. The van der Waals surface area contributed by atoms with Crippen molar-refractivity contribution >= 4 is 17.5 Å². The summed E-state index contributed by atoms with van der Waals surface area (Å²) in [7, 11) is 1.64. The normalized spacial score (nSPS) is 18.5. The van der Waals surface area contributed by atoms with Crippen molar-refractivity contribution in [1.82, 2.24) is 4.90 Å². The summed E-state index contributed by atoms with van der Waals surface area (Å²) in [5.41, 5.74) is 2.15. The third-order valence-corrected chi connectivity index (χ3v) is 4.95. The summed E-state index contributed by atoms with van der Waals surface area (Å²) < 4.78 is 5.18. The van der Waals surface area contributed by atoms with Crippen molar-refractivity contribution in [1.29, 1.82) is 0 Å². The molecule has 0 aromatic heterocycles. The summed E-state index contributed by atoms with van der Waals surface area (Å²) in [4.78, 5) is 14.8. The molecule has 0 spiro atoms. The molecule has 2 atom stereocenters. The Balaban J connectivity index is 1.69. The zero-order valence-electron chi connectivity index (χ0n) is 14.3. The Labute approximate surface area is 153 Å². The van der Waals surface area contributed by atoms with Crippen molar-refractivity contribution in [2.45, 2.75) is 18.9 Å². The van der Waals surface area contributed by atoms with E-state index in [4.69, 9.17) is 16.3 Å². The minimum Gasteiger partial charge on any atom is -0.497 e. The molecule has 0 saturated heterocycles. The van der Waals surface area contributed by atoms with Crippen LogP contribution < -0.4 is 4.74 Å². The molecule has 3 rings (SSSR count). The number of rotatable bonds is 7. The molecule has 0 radical (unpaired) electrons. The lowest BCUT2D eigenvalue weighted by Crippen LogP contribution is -2.32. The van der Waals surface area contributed by atoms with Gasteiger partial charge in [-0.3, -0.25) is 4.79 Å². The molecule has 1 amide bonds. The smallest absolute Gasteiger partial charge is 0.226 e. The van der Waals surface area contributed by atoms with Gasteiger partial charge >= 0.3 is 0 Å². The van der Waals surface area contributed by atoms with E-state index in [1.54, 1.807) is 13.2 Å². The minimum absolute atomic E-state index is 0.0121. The van der Waals surface area contributed by atoms with E-state index in [0.29, 0.717) is 13.1 Å². The van der Waals surface area contributed by atoms with Crippen molar-refractivity contribution < 1.29 is 9.53 Å². The molecule has 0 N–H and O–H groups in total. The van der Waals surface area contributed by atoms with Crippen molar-refractivity contribution in [3.63, 3.8) is 0 Å². The summed E-state index contributed by atoms with van der Waals surface area (Å²) in [6.07, 6.45) is 2.63. The van der Waals surface area contributed by atoms with Gasteiger partial charge in [0.15, 0.2) is 0 Å². The maximum absolute atomic E-state index is 12.9. The second-order valence-corrected chi connectivity index (χ2v) is 6.73. The number of methoxy groups -OCH3 is 1. The third kappa shape index (κ3) is 4.05. The van der Waals surface area contributed by atoms with Crippen molar-refractivity contribution in [2.24, 2.45) is 5.92 Å². The van der Waals surface area contributed by atoms with E-state index in [1.165, 1.54) is 0 Å². The molecule has 1 aliphatic rings. The Hall–Kier alpha value is -2.26. The summed E-state index contributed by atoms with van der Waals surface area (Å²) in [5, 5.41) is 0.744. The van der Waals surface area contributed by atoms with E-state index in [-0.39, 0.29) is 17.7 Å². The SMILES string of the molecule is C=CCN(Cc1ccc(OC)cc1)C(=O)C1CC1c1ccccc1Cl. The molecule has 0 heterocycles. The van der Waals surface area contributed by atoms with Crippen molar-refractivity contribution in [2.75, 3.05) is 13.7 Å². The number of nitrogens with zero attached hydrogens (tertiary/aromatic N) is 1. The molecule has 1 fully saturated rings. The Morgan fingerprint density at radius 3 is 2.64 bits per heavy atom. The number of carbonyl (C=O) groups is 1. The highest BCUT2D eigenvalue weighted by molar-refractivity contribution is 6.31. The van der Waals surface area contributed by atoms with Gasteiger partial charge in [-0.15, -0.1) is 6.58 Å². The summed E-state index contributed by atoms with van der Waals surface area (Å²) in [6, 6.07) is 15.6. The quantitative estimate of drug-likeness (QED) is 0.675. The molecule has 3 nitrogen and oxygen atoms in total. The van der Waals surface area contributed by atoms with Gasteiger partial charge in [0.05, 0.1) is 7.11 Å². The molecule has 2 aromatic rings. The highest BCUT2D eigenvalue weighted by Crippen LogP contribution is 2.50. The van der Waals surface area contributed by atoms with Crippen LogP contribution in [0.5, 0.6) is 5.75 Å². The predicted octanol–water partition coefficient (Wildman–Crippen LogP) is 4.67. The lowest BCUT2D eigenvalue weighted by molar-refractivity contribution is -0.132. The van der Waals surface area contributed by atoms with E-state index >= 15 is 0 Å². The molecular weight excluding hydrogens is 334 g/mol. The summed E-state index contributed by atoms with van der Waals surface area (Å²) in [5.74, 6) is 1.22. The topological polar surface area (TPSA) is 29.5 Å². The second-order valence-electron chi connectivity index (χ2n) is 6.33. The van der Waals surface area contributed by atoms with E-state index in [9.17, 15) is 4.79 Å². The first-order chi connectivity index (χ1) is 12.1. The molecule has 0 aliphatic heterocycles. The molecular formula is C21H22ClNO2. The van der Waals surface area contributed by atoms with Gasteiger partial charge in [-0.2, -0.15) is 0 Å². The first-order valence-corrected chi connectivity index (χ1v) is 8.79. The average Bonchev–Trinajstić information content (AvgIpc) is 3.42. The van der Waals surface area contributed by atoms with Gasteiger partial charge in [0.25, 0.3) is 0 Å². The predicted molar refractivity (Wildman–Crippen MR) is 101 cm³/mol. The molecule has 2 aromatic carbocycles. The van der Waals surface area contributed by atoms with Gasteiger partial charge in [0.2, 0.25) is 5.91 Å². The maximum Gasteiger partial charge on any atom is 0.226 e. The number of hydrogen-bond acceptors (Lipinski definition) is 2. The molecule has 1 aliphatic carbocycles. The Morgan fingerprint density at radius 2 is 2.00 bits per heavy atom. The van der Waals surface area contributed by atoms with Gasteiger partial charge in [-0.1, -0.05) is 48.0 Å². The van der Waals surface area contributed by atoms with Crippen LogP contribution >= 0.6 is 11.6 Å². The molecule has 25 heavy (non-hydrogen) atoms. The largest absolute Gasteiger partial charge is 0.497 e. The maximum atomic E-state index is 12.9. The van der Waals surface area contributed by atoms with E-state index in [0.717, 1.165) is 28.3 Å². The number of ether oxygens (including phenoxy) is 1. The van der Waals surface area contributed by atoms with Crippen LogP contribution in [0.15, 0.2) is 61.2 Å². The second kappa shape index (κ2) is 7.75. The van der Waals surface area contributed by atoms with Gasteiger partial charge < -0.3 is 9.64 Å². The van der Waals surface area contributed by atoms with Crippen molar-refractivity contribution in [3.05, 3.63) is 77.3 Å². The molecule has 130 valence electrons. The lowest BCUT2D eigenvalue weighted by atomic mass is 10.1. The van der Waals surface area contributed by atoms with Crippen LogP contribution in [0, 0.1) is 5.92 Å². The Morgan fingerprint density at radius 1 is 1.28 bits per heavy atom. The van der Waals surface area contributed by atoms with Crippen LogP contribution in [0.4, 0.5) is 0 Å². The molecule has 4 heteroatoms. The standard InChI is InChI=1S/C21H22ClNO2/c1-3-12-23(14-15-8-10-16(25-2)11-9-15)21(24)19-13-18(19)17-6-4-5-7-20(17)22/h3-11,18-19H,1,12-14H2,2H3. The van der Waals surface area contributed by atoms with Gasteiger partial charge in [-0.05, 0) is 41.7 Å². The van der Waals surface area contributed by atoms with Crippen LogP contribution in [-0.2, 0) is 11.3 Å². The monoisotopic (exact) mass is 355 g/mol. The molecule has 1 saturated carbocycles. The van der Waals surface area contributed by atoms with E-state index in [2.05, 4.69) is 6.58 Å². The third-order valence-electron chi connectivity index (χ3n) is 4.61. The number of benzene rings is 2. The van der Waals surface area contributed by atoms with Gasteiger partial charge in [0.1, 0.15) is 5.75 Å². The van der Waals surface area contributed by atoms with E-state index < -0.39 is 0 Å². The Kier molecular flexibility index (Phi) is 5.44. The highest BCUT2D eigenvalue weighted by Gasteiger charge is 2.46. The van der Waals surface area contributed by atoms with Crippen LogP contribution in [0.25, 0.3) is 0 Å². The first kappa shape index (κ1) is 17.6. The van der Waals surface area contributed by atoms with Crippen LogP contribution in [0.3, 0.4) is 0 Å². The van der Waals surface area contributed by atoms with Crippen LogP contribution in [0.2, 0.25) is 5.02 Å². The number of halogens is 1.